The van der Waals surface area contributed by atoms with Crippen LogP contribution < -0.4 is 14.8 Å². The summed E-state index contributed by atoms with van der Waals surface area (Å²) in [7, 11) is 0. The normalized spacial score (nSPS) is 14.3. The zero-order chi connectivity index (χ0) is 14.2. The maximum Gasteiger partial charge on any atom is 0.162 e. The predicted molar refractivity (Wildman–Crippen MR) is 80.7 cm³/mol. The molecule has 0 aliphatic carbocycles. The molecule has 0 atom stereocenters. The van der Waals surface area contributed by atoms with Crippen LogP contribution in [0.3, 0.4) is 0 Å². The standard InChI is InChI=1S/C16H20N2O2/c1-16(2,3)10-18-15-12-9-14-13(19-6-7-20-14)8-11(12)4-5-17-15/h4-5,8-9H,6-7,10H2,1-3H3,(H,17,18). The van der Waals surface area contributed by atoms with E-state index in [4.69, 9.17) is 9.47 Å². The van der Waals surface area contributed by atoms with E-state index < -0.39 is 0 Å². The zero-order valence-electron chi connectivity index (χ0n) is 12.2. The third kappa shape index (κ3) is 2.64. The maximum absolute atomic E-state index is 5.65. The molecule has 0 saturated heterocycles. The lowest BCUT2D eigenvalue weighted by atomic mass is 9.97. The highest BCUT2D eigenvalue weighted by Crippen LogP contribution is 2.36. The Morgan fingerprint density at radius 2 is 1.85 bits per heavy atom. The lowest BCUT2D eigenvalue weighted by molar-refractivity contribution is 0.172. The van der Waals surface area contributed by atoms with Crippen molar-refractivity contribution < 1.29 is 9.47 Å². The number of rotatable bonds is 2. The first kappa shape index (κ1) is 13.0. The molecule has 0 saturated carbocycles. The van der Waals surface area contributed by atoms with E-state index in [1.54, 1.807) is 0 Å². The summed E-state index contributed by atoms with van der Waals surface area (Å²) in [6.45, 7) is 8.67. The molecule has 1 aliphatic rings. The summed E-state index contributed by atoms with van der Waals surface area (Å²) < 4.78 is 11.3. The first-order valence-electron chi connectivity index (χ1n) is 6.95. The molecule has 0 radical (unpaired) electrons. The second-order valence-electron chi connectivity index (χ2n) is 6.29. The van der Waals surface area contributed by atoms with Crippen LogP contribution in [0, 0.1) is 5.41 Å². The van der Waals surface area contributed by atoms with Gasteiger partial charge in [-0.2, -0.15) is 0 Å². The zero-order valence-corrected chi connectivity index (χ0v) is 12.2. The molecule has 1 N–H and O–H groups in total. The van der Waals surface area contributed by atoms with Gasteiger partial charge in [0.2, 0.25) is 0 Å². The van der Waals surface area contributed by atoms with Gasteiger partial charge < -0.3 is 14.8 Å². The van der Waals surface area contributed by atoms with Crippen molar-refractivity contribution in [3.8, 4) is 11.5 Å². The second-order valence-corrected chi connectivity index (χ2v) is 6.29. The molecule has 4 heteroatoms. The molecule has 0 amide bonds. The third-order valence-electron chi connectivity index (χ3n) is 3.21. The topological polar surface area (TPSA) is 43.4 Å². The third-order valence-corrected chi connectivity index (χ3v) is 3.21. The Balaban J connectivity index is 2.00. The molecule has 2 heterocycles. The summed E-state index contributed by atoms with van der Waals surface area (Å²) in [5.41, 5.74) is 0.206. The average Bonchev–Trinajstić information content (AvgIpc) is 2.42. The number of hydrogen-bond donors (Lipinski definition) is 1. The van der Waals surface area contributed by atoms with Gasteiger partial charge in [-0.05, 0) is 29.0 Å². The highest BCUT2D eigenvalue weighted by molar-refractivity contribution is 5.94. The van der Waals surface area contributed by atoms with Crippen LogP contribution in [-0.4, -0.2) is 24.7 Å². The van der Waals surface area contributed by atoms with Gasteiger partial charge in [-0.25, -0.2) is 4.98 Å². The van der Waals surface area contributed by atoms with Crippen LogP contribution in [0.15, 0.2) is 24.4 Å². The van der Waals surface area contributed by atoms with Gasteiger partial charge in [0.25, 0.3) is 0 Å². The van der Waals surface area contributed by atoms with Crippen molar-refractivity contribution in [2.45, 2.75) is 20.8 Å². The van der Waals surface area contributed by atoms with Gasteiger partial charge >= 0.3 is 0 Å². The summed E-state index contributed by atoms with van der Waals surface area (Å²) in [6, 6.07) is 6.03. The molecule has 0 fully saturated rings. The lowest BCUT2D eigenvalue weighted by Crippen LogP contribution is -2.19. The number of anilines is 1. The van der Waals surface area contributed by atoms with E-state index in [1.165, 1.54) is 0 Å². The Labute approximate surface area is 119 Å². The van der Waals surface area contributed by atoms with Crippen molar-refractivity contribution in [1.82, 2.24) is 4.98 Å². The first-order chi connectivity index (χ1) is 9.53. The van der Waals surface area contributed by atoms with Gasteiger partial charge in [0.05, 0.1) is 0 Å². The van der Waals surface area contributed by atoms with E-state index in [0.717, 1.165) is 34.6 Å². The molecule has 106 valence electrons. The molecule has 4 nitrogen and oxygen atoms in total. The van der Waals surface area contributed by atoms with Gasteiger partial charge in [0, 0.05) is 18.1 Å². The fourth-order valence-electron chi connectivity index (χ4n) is 2.20. The van der Waals surface area contributed by atoms with E-state index >= 15 is 0 Å². The van der Waals surface area contributed by atoms with Crippen LogP contribution in [0.5, 0.6) is 11.5 Å². The second kappa shape index (κ2) is 4.85. The summed E-state index contributed by atoms with van der Waals surface area (Å²) in [5, 5.41) is 5.61. The molecule has 3 rings (SSSR count). The molecule has 0 unspecified atom stereocenters. The van der Waals surface area contributed by atoms with E-state index in [2.05, 4.69) is 31.1 Å². The summed E-state index contributed by atoms with van der Waals surface area (Å²) >= 11 is 0. The Bertz CT molecular complexity index is 632. The molecule has 2 aromatic rings. The number of aromatic nitrogens is 1. The number of pyridine rings is 1. The van der Waals surface area contributed by atoms with Crippen molar-refractivity contribution in [3.63, 3.8) is 0 Å². The Morgan fingerprint density at radius 3 is 2.55 bits per heavy atom. The predicted octanol–water partition coefficient (Wildman–Crippen LogP) is 3.46. The van der Waals surface area contributed by atoms with E-state index in [-0.39, 0.29) is 5.41 Å². The van der Waals surface area contributed by atoms with E-state index in [1.807, 2.05) is 24.4 Å². The number of nitrogens with zero attached hydrogens (tertiary/aromatic N) is 1. The number of hydrogen-bond acceptors (Lipinski definition) is 4. The fourth-order valence-corrected chi connectivity index (χ4v) is 2.20. The molecular formula is C16H20N2O2. The minimum Gasteiger partial charge on any atom is -0.486 e. The van der Waals surface area contributed by atoms with Crippen molar-refractivity contribution in [3.05, 3.63) is 24.4 Å². The van der Waals surface area contributed by atoms with Crippen molar-refractivity contribution >= 4 is 16.6 Å². The molecule has 20 heavy (non-hydrogen) atoms. The summed E-state index contributed by atoms with van der Waals surface area (Å²) in [5.74, 6) is 2.52. The summed E-state index contributed by atoms with van der Waals surface area (Å²) in [6.07, 6.45) is 1.82. The van der Waals surface area contributed by atoms with Crippen molar-refractivity contribution in [1.29, 1.82) is 0 Å². The number of benzene rings is 1. The van der Waals surface area contributed by atoms with Crippen LogP contribution in [0.2, 0.25) is 0 Å². The molecule has 1 aromatic carbocycles. The van der Waals surface area contributed by atoms with Gasteiger partial charge in [-0.15, -0.1) is 0 Å². The largest absolute Gasteiger partial charge is 0.486 e. The monoisotopic (exact) mass is 272 g/mol. The molecule has 0 spiro atoms. The van der Waals surface area contributed by atoms with Crippen LogP contribution in [0.25, 0.3) is 10.8 Å². The molecule has 1 aromatic heterocycles. The van der Waals surface area contributed by atoms with Gasteiger partial charge in [0.1, 0.15) is 19.0 Å². The number of fused-ring (bicyclic) bond motifs is 2. The van der Waals surface area contributed by atoms with E-state index in [9.17, 15) is 0 Å². The van der Waals surface area contributed by atoms with Crippen molar-refractivity contribution in [2.24, 2.45) is 5.41 Å². The van der Waals surface area contributed by atoms with Gasteiger partial charge in [0.15, 0.2) is 11.5 Å². The van der Waals surface area contributed by atoms with Gasteiger partial charge in [-0.3, -0.25) is 0 Å². The number of nitrogens with one attached hydrogen (secondary N) is 1. The van der Waals surface area contributed by atoms with Gasteiger partial charge in [-0.1, -0.05) is 20.8 Å². The summed E-state index contributed by atoms with van der Waals surface area (Å²) in [4.78, 5) is 4.45. The molecule has 1 aliphatic heterocycles. The molecular weight excluding hydrogens is 252 g/mol. The Morgan fingerprint density at radius 1 is 1.15 bits per heavy atom. The SMILES string of the molecule is CC(C)(C)CNc1nccc2cc3c(cc12)OCCO3. The van der Waals surface area contributed by atoms with E-state index in [0.29, 0.717) is 13.2 Å². The molecule has 0 bridgehead atoms. The minimum atomic E-state index is 0.206. The van der Waals surface area contributed by atoms with Crippen molar-refractivity contribution in [2.75, 3.05) is 25.1 Å². The lowest BCUT2D eigenvalue weighted by Gasteiger charge is -2.21. The Hall–Kier alpha value is -1.97. The maximum atomic E-state index is 5.65. The quantitative estimate of drug-likeness (QED) is 0.909. The highest BCUT2D eigenvalue weighted by Gasteiger charge is 2.16. The van der Waals surface area contributed by atoms with Crippen LogP contribution in [0.4, 0.5) is 5.82 Å². The van der Waals surface area contributed by atoms with Crippen LogP contribution >= 0.6 is 0 Å². The average molecular weight is 272 g/mol. The minimum absolute atomic E-state index is 0.206. The smallest absolute Gasteiger partial charge is 0.162 e. The Kier molecular flexibility index (Phi) is 3.16. The number of ether oxygens (including phenoxy) is 2. The fraction of sp³-hybridized carbons (Fsp3) is 0.438. The van der Waals surface area contributed by atoms with Crippen LogP contribution in [0.1, 0.15) is 20.8 Å². The first-order valence-corrected chi connectivity index (χ1v) is 6.95. The highest BCUT2D eigenvalue weighted by atomic mass is 16.6. The van der Waals surface area contributed by atoms with Crippen LogP contribution in [-0.2, 0) is 0 Å².